The lowest BCUT2D eigenvalue weighted by Crippen LogP contribution is -2.11. The van der Waals surface area contributed by atoms with Crippen molar-refractivity contribution >= 4 is 33.8 Å². The van der Waals surface area contributed by atoms with Gasteiger partial charge in [0.25, 0.3) is 5.91 Å². The highest BCUT2D eigenvalue weighted by Crippen LogP contribution is 2.27. The van der Waals surface area contributed by atoms with Crippen LogP contribution in [-0.2, 0) is 0 Å². The Balaban J connectivity index is 1.77. The van der Waals surface area contributed by atoms with Crippen molar-refractivity contribution in [2.75, 3.05) is 10.6 Å². The third-order valence-corrected chi connectivity index (χ3v) is 4.76. The van der Waals surface area contributed by atoms with Crippen molar-refractivity contribution in [3.05, 3.63) is 70.0 Å². The molecule has 3 aromatic rings. The van der Waals surface area contributed by atoms with Crippen molar-refractivity contribution in [3.63, 3.8) is 0 Å². The topological polar surface area (TPSA) is 54.0 Å². The van der Waals surface area contributed by atoms with Crippen molar-refractivity contribution in [2.24, 2.45) is 0 Å². The molecule has 128 valence electrons. The minimum Gasteiger partial charge on any atom is -0.332 e. The van der Waals surface area contributed by atoms with Gasteiger partial charge >= 0.3 is 0 Å². The molecule has 0 bridgehead atoms. The van der Waals surface area contributed by atoms with Gasteiger partial charge in [0.15, 0.2) is 5.13 Å². The molecule has 1 aromatic heterocycles. The zero-order chi connectivity index (χ0) is 18.0. The Kier molecular flexibility index (Phi) is 4.81. The molecule has 0 atom stereocenters. The van der Waals surface area contributed by atoms with Crippen LogP contribution in [0.5, 0.6) is 0 Å². The van der Waals surface area contributed by atoms with Gasteiger partial charge in [-0.1, -0.05) is 23.5 Å². The van der Waals surface area contributed by atoms with Crippen molar-refractivity contribution in [3.8, 4) is 0 Å². The Morgan fingerprint density at radius 3 is 2.60 bits per heavy atom. The van der Waals surface area contributed by atoms with E-state index in [0.29, 0.717) is 27.0 Å². The average molecular weight is 355 g/mol. The average Bonchev–Trinajstić information content (AvgIpc) is 2.91. The van der Waals surface area contributed by atoms with Crippen LogP contribution >= 0.6 is 11.3 Å². The molecule has 2 N–H and O–H groups in total. The summed E-state index contributed by atoms with van der Waals surface area (Å²) in [6, 6.07) is 12.4. The Morgan fingerprint density at radius 2 is 1.88 bits per heavy atom. The van der Waals surface area contributed by atoms with Crippen LogP contribution < -0.4 is 10.6 Å². The minimum atomic E-state index is -0.295. The first-order valence-corrected chi connectivity index (χ1v) is 8.62. The molecule has 6 heteroatoms. The summed E-state index contributed by atoms with van der Waals surface area (Å²) >= 11 is 1.29. The Morgan fingerprint density at radius 1 is 1.08 bits per heavy atom. The summed E-state index contributed by atoms with van der Waals surface area (Å²) in [6.07, 6.45) is 0. The first-order valence-electron chi connectivity index (χ1n) is 7.81. The normalized spacial score (nSPS) is 10.6. The number of aromatic nitrogens is 1. The maximum absolute atomic E-state index is 13.3. The number of nitrogens with zero attached hydrogens (tertiary/aromatic N) is 1. The van der Waals surface area contributed by atoms with Crippen molar-refractivity contribution in [1.29, 1.82) is 0 Å². The monoisotopic (exact) mass is 355 g/mol. The Labute approximate surface area is 149 Å². The van der Waals surface area contributed by atoms with Crippen molar-refractivity contribution in [1.82, 2.24) is 4.98 Å². The smallest absolute Gasteiger partial charge is 0.267 e. The van der Waals surface area contributed by atoms with Crippen LogP contribution in [-0.4, -0.2) is 10.9 Å². The molecule has 0 saturated carbocycles. The molecule has 0 aliphatic carbocycles. The quantitative estimate of drug-likeness (QED) is 0.676. The standard InChI is InChI=1S/C19H18FN3OS/c1-11-5-4-6-14(9-11)23-19-21-13(3)17(25-19)18(24)22-15-7-8-16(20)12(2)10-15/h4-10H,1-3H3,(H,21,23)(H,22,24). The molecular weight excluding hydrogens is 337 g/mol. The lowest BCUT2D eigenvalue weighted by Gasteiger charge is -2.05. The first-order chi connectivity index (χ1) is 11.9. The largest absolute Gasteiger partial charge is 0.332 e. The van der Waals surface area contributed by atoms with Crippen LogP contribution in [0.15, 0.2) is 42.5 Å². The molecule has 0 aliphatic heterocycles. The van der Waals surface area contributed by atoms with Gasteiger partial charge in [-0.25, -0.2) is 9.37 Å². The van der Waals surface area contributed by atoms with Gasteiger partial charge in [0.1, 0.15) is 10.7 Å². The van der Waals surface area contributed by atoms with Crippen molar-refractivity contribution in [2.45, 2.75) is 20.8 Å². The van der Waals surface area contributed by atoms with Gasteiger partial charge in [-0.05, 0) is 62.2 Å². The van der Waals surface area contributed by atoms with Gasteiger partial charge in [0.05, 0.1) is 5.69 Å². The Hall–Kier alpha value is -2.73. The fraction of sp³-hybridized carbons (Fsp3) is 0.158. The van der Waals surface area contributed by atoms with E-state index in [1.807, 2.05) is 31.2 Å². The summed E-state index contributed by atoms with van der Waals surface area (Å²) in [6.45, 7) is 5.47. The van der Waals surface area contributed by atoms with E-state index in [0.717, 1.165) is 11.3 Å². The predicted octanol–water partition coefficient (Wildman–Crippen LogP) is 5.20. The number of amides is 1. The van der Waals surface area contributed by atoms with E-state index in [2.05, 4.69) is 15.6 Å². The van der Waals surface area contributed by atoms with Gasteiger partial charge in [-0.2, -0.15) is 0 Å². The van der Waals surface area contributed by atoms with Crippen LogP contribution in [0, 0.1) is 26.6 Å². The maximum Gasteiger partial charge on any atom is 0.267 e. The first kappa shape index (κ1) is 17.1. The van der Waals surface area contributed by atoms with Gasteiger partial charge in [-0.3, -0.25) is 4.79 Å². The molecule has 0 radical (unpaired) electrons. The number of nitrogens with one attached hydrogen (secondary N) is 2. The summed E-state index contributed by atoms with van der Waals surface area (Å²) < 4.78 is 13.3. The second kappa shape index (κ2) is 7.03. The predicted molar refractivity (Wildman–Crippen MR) is 100 cm³/mol. The molecule has 25 heavy (non-hydrogen) atoms. The molecule has 0 fully saturated rings. The number of rotatable bonds is 4. The number of anilines is 3. The molecule has 3 rings (SSSR count). The third kappa shape index (κ3) is 4.03. The van der Waals surface area contributed by atoms with E-state index in [1.165, 1.54) is 17.4 Å². The van der Waals surface area contributed by atoms with E-state index < -0.39 is 0 Å². The zero-order valence-corrected chi connectivity index (χ0v) is 15.0. The van der Waals surface area contributed by atoms with E-state index >= 15 is 0 Å². The summed E-state index contributed by atoms with van der Waals surface area (Å²) in [5.41, 5.74) is 3.76. The van der Waals surface area contributed by atoms with Crippen LogP contribution in [0.25, 0.3) is 0 Å². The molecule has 0 spiro atoms. The molecule has 0 saturated heterocycles. The summed E-state index contributed by atoms with van der Waals surface area (Å²) in [5, 5.41) is 6.67. The number of thiazole rings is 1. The molecular formula is C19H18FN3OS. The van der Waals surface area contributed by atoms with Gasteiger partial charge in [0, 0.05) is 11.4 Å². The SMILES string of the molecule is Cc1cccc(Nc2nc(C)c(C(=O)Nc3ccc(F)c(C)c3)s2)c1. The fourth-order valence-electron chi connectivity index (χ4n) is 2.42. The highest BCUT2D eigenvalue weighted by Gasteiger charge is 2.16. The summed E-state index contributed by atoms with van der Waals surface area (Å²) in [7, 11) is 0. The lowest BCUT2D eigenvalue weighted by atomic mass is 10.2. The maximum atomic E-state index is 13.3. The molecule has 1 amide bonds. The third-order valence-electron chi connectivity index (χ3n) is 3.69. The highest BCUT2D eigenvalue weighted by atomic mass is 32.1. The van der Waals surface area contributed by atoms with Crippen LogP contribution in [0.2, 0.25) is 0 Å². The van der Waals surface area contributed by atoms with E-state index in [9.17, 15) is 9.18 Å². The van der Waals surface area contributed by atoms with E-state index in [4.69, 9.17) is 0 Å². The summed E-state index contributed by atoms with van der Waals surface area (Å²) in [4.78, 5) is 17.4. The van der Waals surface area contributed by atoms with Crippen molar-refractivity contribution < 1.29 is 9.18 Å². The Bertz CT molecular complexity index is 936. The van der Waals surface area contributed by atoms with E-state index in [-0.39, 0.29) is 11.7 Å². The minimum absolute atomic E-state index is 0.252. The molecule has 0 unspecified atom stereocenters. The summed E-state index contributed by atoms with van der Waals surface area (Å²) in [5.74, 6) is -0.546. The van der Waals surface area contributed by atoms with E-state index in [1.54, 1.807) is 26.0 Å². The highest BCUT2D eigenvalue weighted by molar-refractivity contribution is 7.17. The number of halogens is 1. The number of carbonyl (C=O) groups is 1. The molecule has 2 aromatic carbocycles. The number of hydrogen-bond donors (Lipinski definition) is 2. The van der Waals surface area contributed by atoms with Gasteiger partial charge in [-0.15, -0.1) is 0 Å². The zero-order valence-electron chi connectivity index (χ0n) is 14.2. The van der Waals surface area contributed by atoms with Gasteiger partial charge < -0.3 is 10.6 Å². The van der Waals surface area contributed by atoms with Crippen LogP contribution in [0.3, 0.4) is 0 Å². The molecule has 0 aliphatic rings. The van der Waals surface area contributed by atoms with Crippen LogP contribution in [0.4, 0.5) is 20.9 Å². The number of hydrogen-bond acceptors (Lipinski definition) is 4. The molecule has 1 heterocycles. The fourth-order valence-corrected chi connectivity index (χ4v) is 3.30. The van der Waals surface area contributed by atoms with Gasteiger partial charge in [0.2, 0.25) is 0 Å². The molecule has 4 nitrogen and oxygen atoms in total. The van der Waals surface area contributed by atoms with Crippen LogP contribution in [0.1, 0.15) is 26.5 Å². The lowest BCUT2D eigenvalue weighted by molar-refractivity contribution is 0.103. The number of aryl methyl sites for hydroxylation is 3. The number of benzene rings is 2. The second-order valence-corrected chi connectivity index (χ2v) is 6.85. The second-order valence-electron chi connectivity index (χ2n) is 5.85. The number of carbonyl (C=O) groups excluding carboxylic acids is 1.